The van der Waals surface area contributed by atoms with Gasteiger partial charge in [0.2, 0.25) is 11.0 Å². The van der Waals surface area contributed by atoms with E-state index in [4.69, 9.17) is 0 Å². The van der Waals surface area contributed by atoms with Crippen molar-refractivity contribution in [3.05, 3.63) is 39.9 Å². The lowest BCUT2D eigenvalue weighted by molar-refractivity contribution is -0.384. The zero-order valence-corrected chi connectivity index (χ0v) is 13.0. The van der Waals surface area contributed by atoms with Gasteiger partial charge in [0, 0.05) is 25.1 Å². The minimum Gasteiger partial charge on any atom is -0.366 e. The number of piperidine rings is 1. The van der Waals surface area contributed by atoms with Crippen LogP contribution in [0.4, 0.5) is 16.5 Å². The molecule has 1 aromatic heterocycles. The lowest BCUT2D eigenvalue weighted by Crippen LogP contribution is -2.38. The second-order valence-electron chi connectivity index (χ2n) is 5.24. The molecule has 1 aromatic carbocycles. The van der Waals surface area contributed by atoms with Crippen LogP contribution in [0.15, 0.2) is 29.8 Å². The minimum atomic E-state index is -0.371. The number of hydrogen-bond acceptors (Lipinski definition) is 7. The predicted octanol–water partition coefficient (Wildman–Crippen LogP) is 2.30. The van der Waals surface area contributed by atoms with E-state index in [0.29, 0.717) is 36.8 Å². The van der Waals surface area contributed by atoms with Gasteiger partial charge in [0.15, 0.2) is 0 Å². The van der Waals surface area contributed by atoms with Crippen LogP contribution in [0, 0.1) is 16.0 Å². The van der Waals surface area contributed by atoms with Crippen LogP contribution >= 0.6 is 11.3 Å². The molecule has 1 amide bonds. The zero-order valence-electron chi connectivity index (χ0n) is 12.2. The van der Waals surface area contributed by atoms with E-state index in [0.717, 1.165) is 0 Å². The molecule has 1 aliphatic heterocycles. The fourth-order valence-corrected chi connectivity index (χ4v) is 3.15. The van der Waals surface area contributed by atoms with Gasteiger partial charge in [-0.1, -0.05) is 23.5 Å². The number of nitro groups is 1. The summed E-state index contributed by atoms with van der Waals surface area (Å²) < 4.78 is 0. The van der Waals surface area contributed by atoms with Crippen LogP contribution in [-0.2, 0) is 4.79 Å². The molecule has 23 heavy (non-hydrogen) atoms. The number of nitrogens with one attached hydrogen (secondary N) is 1. The number of carbonyl (C=O) groups is 1. The summed E-state index contributed by atoms with van der Waals surface area (Å²) in [6.07, 6.45) is 1.30. The molecule has 0 aliphatic carbocycles. The minimum absolute atomic E-state index is 0.0658. The Balaban J connectivity index is 1.62. The first-order valence-corrected chi connectivity index (χ1v) is 8.08. The highest BCUT2D eigenvalue weighted by molar-refractivity contribution is 7.13. The highest BCUT2D eigenvalue weighted by Gasteiger charge is 2.28. The number of nitrogens with zero attached hydrogens (tertiary/aromatic N) is 4. The van der Waals surface area contributed by atoms with Gasteiger partial charge in [-0.05, 0) is 18.9 Å². The molecule has 1 aliphatic rings. The number of para-hydroxylation sites is 2. The van der Waals surface area contributed by atoms with Crippen LogP contribution in [-0.4, -0.2) is 34.1 Å². The van der Waals surface area contributed by atoms with Crippen LogP contribution in [0.2, 0.25) is 0 Å². The molecule has 0 radical (unpaired) electrons. The summed E-state index contributed by atoms with van der Waals surface area (Å²) in [6.45, 7) is 1.22. The van der Waals surface area contributed by atoms with Gasteiger partial charge >= 0.3 is 0 Å². The van der Waals surface area contributed by atoms with Gasteiger partial charge in [-0.2, -0.15) is 0 Å². The summed E-state index contributed by atoms with van der Waals surface area (Å²) in [5.41, 5.74) is 2.27. The number of hydrogen-bond donors (Lipinski definition) is 1. The molecule has 0 bridgehead atoms. The largest absolute Gasteiger partial charge is 0.366 e. The molecule has 1 saturated heterocycles. The Kier molecular flexibility index (Phi) is 4.47. The number of nitro benzene ring substituents is 1. The number of aromatic nitrogens is 2. The predicted molar refractivity (Wildman–Crippen MR) is 86.6 cm³/mol. The number of rotatable bonds is 4. The third-order valence-electron chi connectivity index (χ3n) is 3.88. The lowest BCUT2D eigenvalue weighted by Gasteiger charge is -2.32. The van der Waals surface area contributed by atoms with Crippen molar-refractivity contribution in [1.29, 1.82) is 0 Å². The number of anilines is 2. The molecule has 0 spiro atoms. The maximum atomic E-state index is 12.2. The molecule has 0 unspecified atom stereocenters. The normalized spacial score (nSPS) is 15.4. The summed E-state index contributed by atoms with van der Waals surface area (Å²) in [6, 6.07) is 6.70. The van der Waals surface area contributed by atoms with E-state index in [9.17, 15) is 14.9 Å². The summed E-state index contributed by atoms with van der Waals surface area (Å²) >= 11 is 1.28. The number of amides is 1. The van der Waals surface area contributed by atoms with Crippen molar-refractivity contribution in [3.8, 4) is 0 Å². The quantitative estimate of drug-likeness (QED) is 0.680. The van der Waals surface area contributed by atoms with Crippen molar-refractivity contribution in [1.82, 2.24) is 10.2 Å². The second kappa shape index (κ2) is 6.69. The maximum Gasteiger partial charge on any atom is 0.292 e. The average Bonchev–Trinajstić information content (AvgIpc) is 3.08. The monoisotopic (exact) mass is 333 g/mol. The first kappa shape index (κ1) is 15.3. The van der Waals surface area contributed by atoms with Crippen molar-refractivity contribution >= 4 is 33.8 Å². The SMILES string of the molecule is O=C(Nc1nncs1)C1CCN(c2ccccc2[N+](=O)[O-])CC1. The average molecular weight is 333 g/mol. The van der Waals surface area contributed by atoms with Gasteiger partial charge in [-0.25, -0.2) is 0 Å². The van der Waals surface area contributed by atoms with Crippen molar-refractivity contribution in [2.45, 2.75) is 12.8 Å². The van der Waals surface area contributed by atoms with Crippen molar-refractivity contribution in [2.75, 3.05) is 23.3 Å². The smallest absolute Gasteiger partial charge is 0.292 e. The Morgan fingerprint density at radius 1 is 1.35 bits per heavy atom. The zero-order chi connectivity index (χ0) is 16.2. The maximum absolute atomic E-state index is 12.2. The third-order valence-corrected chi connectivity index (χ3v) is 4.48. The van der Waals surface area contributed by atoms with Crippen molar-refractivity contribution in [3.63, 3.8) is 0 Å². The standard InChI is InChI=1S/C14H15N5O3S/c20-13(16-14-17-15-9-23-14)10-5-7-18(8-6-10)11-3-1-2-4-12(11)19(21)22/h1-4,9-10H,5-8H2,(H,16,17,20). The van der Waals surface area contributed by atoms with E-state index in [1.54, 1.807) is 23.7 Å². The summed E-state index contributed by atoms with van der Waals surface area (Å²) in [4.78, 5) is 24.9. The van der Waals surface area contributed by atoms with E-state index in [2.05, 4.69) is 15.5 Å². The Morgan fingerprint density at radius 3 is 2.74 bits per heavy atom. The van der Waals surface area contributed by atoms with E-state index >= 15 is 0 Å². The summed E-state index contributed by atoms with van der Waals surface area (Å²) in [7, 11) is 0. The molecular formula is C14H15N5O3S. The van der Waals surface area contributed by atoms with Crippen LogP contribution in [0.1, 0.15) is 12.8 Å². The van der Waals surface area contributed by atoms with E-state index in [1.807, 2.05) is 4.90 Å². The molecule has 3 rings (SSSR count). The van der Waals surface area contributed by atoms with Gasteiger partial charge in [-0.3, -0.25) is 14.9 Å². The van der Waals surface area contributed by atoms with Crippen LogP contribution in [0.3, 0.4) is 0 Å². The Bertz CT molecular complexity index is 698. The van der Waals surface area contributed by atoms with E-state index < -0.39 is 0 Å². The first-order valence-electron chi connectivity index (χ1n) is 7.20. The first-order chi connectivity index (χ1) is 11.1. The Hall–Kier alpha value is -2.55. The highest BCUT2D eigenvalue weighted by Crippen LogP contribution is 2.31. The fourth-order valence-electron chi connectivity index (χ4n) is 2.70. The highest BCUT2D eigenvalue weighted by atomic mass is 32.1. The summed E-state index contributed by atoms with van der Waals surface area (Å²) in [5, 5.41) is 21.8. The molecular weight excluding hydrogens is 318 g/mol. The Morgan fingerprint density at radius 2 is 2.09 bits per heavy atom. The van der Waals surface area contributed by atoms with Crippen molar-refractivity contribution < 1.29 is 9.72 Å². The van der Waals surface area contributed by atoms with Crippen LogP contribution < -0.4 is 10.2 Å². The lowest BCUT2D eigenvalue weighted by atomic mass is 9.95. The molecule has 1 fully saturated rings. The fraction of sp³-hybridized carbons (Fsp3) is 0.357. The Labute approximate surface area is 136 Å². The molecule has 0 saturated carbocycles. The van der Waals surface area contributed by atoms with E-state index in [-0.39, 0.29) is 22.4 Å². The van der Waals surface area contributed by atoms with Gasteiger partial charge in [0.05, 0.1) is 4.92 Å². The van der Waals surface area contributed by atoms with E-state index in [1.165, 1.54) is 17.4 Å². The summed E-state index contributed by atoms with van der Waals surface area (Å²) in [5.74, 6) is -0.179. The van der Waals surface area contributed by atoms with Crippen LogP contribution in [0.5, 0.6) is 0 Å². The molecule has 120 valence electrons. The van der Waals surface area contributed by atoms with Gasteiger partial charge in [0.1, 0.15) is 11.2 Å². The van der Waals surface area contributed by atoms with Crippen molar-refractivity contribution in [2.24, 2.45) is 5.92 Å². The molecule has 2 heterocycles. The topological polar surface area (TPSA) is 101 Å². The number of carbonyl (C=O) groups excluding carboxylic acids is 1. The van der Waals surface area contributed by atoms with Gasteiger partial charge in [-0.15, -0.1) is 10.2 Å². The number of benzene rings is 1. The molecule has 8 nitrogen and oxygen atoms in total. The molecule has 1 N–H and O–H groups in total. The van der Waals surface area contributed by atoms with Gasteiger partial charge in [0.25, 0.3) is 5.69 Å². The van der Waals surface area contributed by atoms with Crippen LogP contribution in [0.25, 0.3) is 0 Å². The molecule has 2 aromatic rings. The second-order valence-corrected chi connectivity index (χ2v) is 6.07. The molecule has 0 atom stereocenters. The third kappa shape index (κ3) is 3.45. The van der Waals surface area contributed by atoms with Gasteiger partial charge < -0.3 is 10.2 Å². The molecule has 9 heteroatoms.